The molecule has 0 atom stereocenters. The normalized spacial score (nSPS) is 9.10. The largest absolute Gasteiger partial charge is 0.258 e. The fraction of sp³-hybridized carbons (Fsp3) is 0.486. The van der Waals surface area contributed by atoms with E-state index >= 15 is 0 Å². The third kappa shape index (κ3) is 18.4. The van der Waals surface area contributed by atoms with Crippen LogP contribution in [0.3, 0.4) is 0 Å². The van der Waals surface area contributed by atoms with Crippen LogP contribution in [-0.4, -0.2) is 29.9 Å². The van der Waals surface area contributed by atoms with Gasteiger partial charge in [-0.1, -0.05) is 62.6 Å². The number of aryl methyl sites for hydroxylation is 12. The summed E-state index contributed by atoms with van der Waals surface area (Å²) in [5.41, 5.74) is 10.9. The van der Waals surface area contributed by atoms with Gasteiger partial charge in [0, 0.05) is 22.8 Å². The van der Waals surface area contributed by atoms with Crippen LogP contribution >= 0.6 is 0 Å². The van der Waals surface area contributed by atoms with Crippen LogP contribution < -0.4 is 0 Å². The van der Waals surface area contributed by atoms with E-state index in [0.717, 1.165) is 46.1 Å². The third-order valence-corrected chi connectivity index (χ3v) is 5.31. The van der Waals surface area contributed by atoms with Gasteiger partial charge in [-0.2, -0.15) is 0 Å². The maximum atomic E-state index is 4.23. The van der Waals surface area contributed by atoms with Crippen molar-refractivity contribution in [2.24, 2.45) is 0 Å². The van der Waals surface area contributed by atoms with Gasteiger partial charge in [0.2, 0.25) is 0 Å². The Kier molecular flexibility index (Phi) is 20.5. The van der Waals surface area contributed by atoms with Crippen molar-refractivity contribution in [3.63, 3.8) is 0 Å². The molecule has 0 radical (unpaired) electrons. The van der Waals surface area contributed by atoms with Crippen LogP contribution in [0.1, 0.15) is 102 Å². The van der Waals surface area contributed by atoms with Crippen molar-refractivity contribution in [3.8, 4) is 0 Å². The van der Waals surface area contributed by atoms with Gasteiger partial charge in [-0.25, -0.2) is 24.9 Å². The van der Waals surface area contributed by atoms with Gasteiger partial charge in [-0.3, -0.25) is 4.98 Å². The molecule has 41 heavy (non-hydrogen) atoms. The lowest BCUT2D eigenvalue weighted by Gasteiger charge is -2.02. The fourth-order valence-corrected chi connectivity index (χ4v) is 3.96. The van der Waals surface area contributed by atoms with E-state index in [-0.39, 0.29) is 0 Å². The minimum Gasteiger partial charge on any atom is -0.258 e. The molecule has 4 rings (SSSR count). The van der Waals surface area contributed by atoms with Gasteiger partial charge in [0.1, 0.15) is 23.3 Å². The van der Waals surface area contributed by atoms with Gasteiger partial charge >= 0.3 is 0 Å². The summed E-state index contributed by atoms with van der Waals surface area (Å²) in [5.74, 6) is 3.24. The van der Waals surface area contributed by atoms with Crippen LogP contribution in [0, 0.1) is 90.0 Å². The summed E-state index contributed by atoms with van der Waals surface area (Å²) in [6.45, 7) is 34.1. The Labute approximate surface area is 251 Å². The highest BCUT2D eigenvalue weighted by atomic mass is 15.0. The molecule has 0 saturated carbocycles. The topological polar surface area (TPSA) is 77.3 Å². The average Bonchev–Trinajstić information content (AvgIpc) is 2.83. The van der Waals surface area contributed by atoms with Crippen LogP contribution in [0.15, 0.2) is 30.3 Å². The molecule has 0 aliphatic heterocycles. The Balaban J connectivity index is 0. The number of hydrogen-bond acceptors (Lipinski definition) is 6. The van der Waals surface area contributed by atoms with Crippen molar-refractivity contribution >= 4 is 0 Å². The van der Waals surface area contributed by atoms with Crippen molar-refractivity contribution in [1.29, 1.82) is 0 Å². The molecule has 226 valence electrons. The van der Waals surface area contributed by atoms with E-state index in [1.807, 2.05) is 90.0 Å². The van der Waals surface area contributed by atoms with Gasteiger partial charge in [0.15, 0.2) is 0 Å². The first-order chi connectivity index (χ1) is 19.2. The Bertz CT molecular complexity index is 1020. The van der Waals surface area contributed by atoms with Crippen LogP contribution in [0.25, 0.3) is 0 Å². The SMILES string of the molecule is CC.CC.Cc1cc(C)cc(C)c1.Cc1cc(C)nc(C)c1.Cc1nc(C)c(C)c(C)n1.Cc1nc(C)nc(C)n1. The highest BCUT2D eigenvalue weighted by molar-refractivity contribution is 5.27. The average molecular weight is 561 g/mol. The monoisotopic (exact) mass is 560 g/mol. The molecule has 0 bridgehead atoms. The lowest BCUT2D eigenvalue weighted by Crippen LogP contribution is -1.97. The van der Waals surface area contributed by atoms with Crippen molar-refractivity contribution in [2.75, 3.05) is 0 Å². The van der Waals surface area contributed by atoms with Crippen molar-refractivity contribution < 1.29 is 0 Å². The summed E-state index contributed by atoms with van der Waals surface area (Å²) in [4.78, 5) is 24.7. The number of benzene rings is 1. The third-order valence-electron chi connectivity index (χ3n) is 5.31. The zero-order valence-electron chi connectivity index (χ0n) is 29.1. The molecule has 1 aromatic carbocycles. The lowest BCUT2D eigenvalue weighted by molar-refractivity contribution is 0.875. The second-order valence-electron chi connectivity index (χ2n) is 9.64. The summed E-state index contributed by atoms with van der Waals surface area (Å²) in [6, 6.07) is 10.7. The Hall–Kier alpha value is -3.54. The lowest BCUT2D eigenvalue weighted by atomic mass is 10.1. The summed E-state index contributed by atoms with van der Waals surface area (Å²) >= 11 is 0. The summed E-state index contributed by atoms with van der Waals surface area (Å²) in [7, 11) is 0. The van der Waals surface area contributed by atoms with E-state index in [0.29, 0.717) is 0 Å². The first kappa shape index (κ1) is 39.6. The minimum absolute atomic E-state index is 0.792. The fourth-order valence-electron chi connectivity index (χ4n) is 3.96. The second kappa shape index (κ2) is 21.2. The number of nitrogens with zero attached hydrogens (tertiary/aromatic N) is 6. The maximum Gasteiger partial charge on any atom is 0.129 e. The molecule has 0 N–H and O–H groups in total. The Morgan fingerprint density at radius 3 is 0.829 bits per heavy atom. The molecule has 6 nitrogen and oxygen atoms in total. The predicted octanol–water partition coefficient (Wildman–Crippen LogP) is 9.18. The van der Waals surface area contributed by atoms with Crippen molar-refractivity contribution in [2.45, 2.75) is 118 Å². The maximum absolute atomic E-state index is 4.23. The zero-order chi connectivity index (χ0) is 32.3. The van der Waals surface area contributed by atoms with Crippen LogP contribution in [0.4, 0.5) is 0 Å². The van der Waals surface area contributed by atoms with E-state index < -0.39 is 0 Å². The van der Waals surface area contributed by atoms with Gasteiger partial charge in [-0.05, 0) is 113 Å². The van der Waals surface area contributed by atoms with Crippen LogP contribution in [0.2, 0.25) is 0 Å². The first-order valence-electron chi connectivity index (χ1n) is 14.6. The van der Waals surface area contributed by atoms with E-state index in [1.165, 1.54) is 27.8 Å². The molecule has 0 spiro atoms. The van der Waals surface area contributed by atoms with E-state index in [2.05, 4.69) is 87.9 Å². The minimum atomic E-state index is 0.792. The molecule has 0 aliphatic carbocycles. The van der Waals surface area contributed by atoms with E-state index in [9.17, 15) is 0 Å². The predicted molar refractivity (Wildman–Crippen MR) is 177 cm³/mol. The smallest absolute Gasteiger partial charge is 0.129 e. The van der Waals surface area contributed by atoms with Gasteiger partial charge in [0.25, 0.3) is 0 Å². The molecule has 3 aromatic heterocycles. The standard InChI is InChI=1S/C9H12.C8H12N2.C8H11N.C6H9N3.2C2H6/c1-7-4-8(2)6-9(3)5-7;1-5-6(2)9-8(4)10-7(5)3;1-6-4-7(2)9-8(3)5-6;1-4-7-5(2)9-6(3)8-4;2*1-2/h4-6H,1-3H3;1-4H3;4-5H,1-3H3;1-3H3;2*1-2H3. The molecule has 0 unspecified atom stereocenters. The molecule has 0 amide bonds. The Morgan fingerprint density at radius 2 is 0.561 bits per heavy atom. The van der Waals surface area contributed by atoms with Gasteiger partial charge < -0.3 is 0 Å². The molecule has 3 heterocycles. The molecule has 0 fully saturated rings. The molecule has 4 aromatic rings. The van der Waals surface area contributed by atoms with Crippen LogP contribution in [-0.2, 0) is 0 Å². The summed E-state index contributed by atoms with van der Waals surface area (Å²) < 4.78 is 0. The highest BCUT2D eigenvalue weighted by Crippen LogP contribution is 2.07. The number of rotatable bonds is 0. The van der Waals surface area contributed by atoms with Crippen molar-refractivity contribution in [3.05, 3.63) is 104 Å². The van der Waals surface area contributed by atoms with Crippen LogP contribution in [0.5, 0.6) is 0 Å². The first-order valence-corrected chi connectivity index (χ1v) is 14.6. The van der Waals surface area contributed by atoms with Crippen molar-refractivity contribution in [1.82, 2.24) is 29.9 Å². The molecular weight excluding hydrogens is 504 g/mol. The molecule has 0 aliphatic rings. The molecule has 6 heteroatoms. The number of hydrogen-bond donors (Lipinski definition) is 0. The molecular formula is C35H56N6. The van der Waals surface area contributed by atoms with Gasteiger partial charge in [0.05, 0.1) is 0 Å². The van der Waals surface area contributed by atoms with E-state index in [1.54, 1.807) is 0 Å². The number of pyridine rings is 1. The second-order valence-corrected chi connectivity index (χ2v) is 9.64. The molecule has 0 saturated heterocycles. The summed E-state index contributed by atoms with van der Waals surface area (Å²) in [6.07, 6.45) is 0. The van der Waals surface area contributed by atoms with E-state index in [4.69, 9.17) is 0 Å². The van der Waals surface area contributed by atoms with Gasteiger partial charge in [-0.15, -0.1) is 0 Å². The summed E-state index contributed by atoms with van der Waals surface area (Å²) in [5, 5.41) is 0. The zero-order valence-corrected chi connectivity index (χ0v) is 29.1. The number of aromatic nitrogens is 6. The quantitative estimate of drug-likeness (QED) is 0.213. The highest BCUT2D eigenvalue weighted by Gasteiger charge is 1.99. The Morgan fingerprint density at radius 1 is 0.317 bits per heavy atom.